The topological polar surface area (TPSA) is 67.0 Å². The van der Waals surface area contributed by atoms with Gasteiger partial charge in [-0.3, -0.25) is 4.99 Å². The number of benzene rings is 1. The predicted molar refractivity (Wildman–Crippen MR) is 120 cm³/mol. The van der Waals surface area contributed by atoms with Crippen molar-refractivity contribution in [3.8, 4) is 5.75 Å². The van der Waals surface area contributed by atoms with E-state index in [1.807, 2.05) is 24.3 Å². The Hall–Kier alpha value is -2.39. The second-order valence-corrected chi connectivity index (χ2v) is 6.89. The summed E-state index contributed by atoms with van der Waals surface area (Å²) < 4.78 is 10.2. The fraction of sp³-hybridized carbons (Fsp3) is 0.286. The molecule has 4 rings (SSSR count). The molecule has 0 spiro atoms. The van der Waals surface area contributed by atoms with Crippen LogP contribution in [0.4, 0.5) is 0 Å². The molecule has 2 N–H and O–H groups in total. The van der Waals surface area contributed by atoms with Crippen molar-refractivity contribution < 1.29 is 26.1 Å². The molecule has 1 aliphatic rings. The van der Waals surface area contributed by atoms with Crippen LogP contribution in [0.3, 0.4) is 0 Å². The number of fused-ring (bicyclic) bond motifs is 1. The Bertz CT molecular complexity index is 1030. The second-order valence-electron chi connectivity index (χ2n) is 6.89. The molecule has 0 unspecified atom stereocenters. The molecule has 0 atom stereocenters. The van der Waals surface area contributed by atoms with E-state index in [0.717, 1.165) is 48.1 Å². The van der Waals surface area contributed by atoms with Crippen molar-refractivity contribution in [2.24, 2.45) is 17.1 Å². The highest BCUT2D eigenvalue weighted by molar-refractivity contribution is 8.93. The summed E-state index contributed by atoms with van der Waals surface area (Å²) >= 11 is 0. The molecule has 30 heavy (non-hydrogen) atoms. The third-order valence-electron chi connectivity index (χ3n) is 4.71. The predicted octanol–water partition coefficient (Wildman–Crippen LogP) is -0.494. The van der Waals surface area contributed by atoms with Crippen LogP contribution in [0.25, 0.3) is 5.65 Å². The van der Waals surface area contributed by atoms with E-state index < -0.39 is 0 Å². The number of hydrazone groups is 1. The van der Waals surface area contributed by atoms with Crippen LogP contribution >= 0.6 is 17.0 Å². The number of imidazole rings is 1. The molecular formula is C21H26Br2N6O. The molecule has 1 aliphatic heterocycles. The molecule has 7 nitrogen and oxygen atoms in total. The van der Waals surface area contributed by atoms with Gasteiger partial charge in [-0.1, -0.05) is 0 Å². The molecule has 160 valence electrons. The maximum Gasteiger partial charge on any atom is 0.286 e. The molecule has 0 bridgehead atoms. The van der Waals surface area contributed by atoms with Gasteiger partial charge in [0.15, 0.2) is 12.3 Å². The summed E-state index contributed by atoms with van der Waals surface area (Å²) in [5, 5.41) is 7.38. The Labute approximate surface area is 197 Å². The molecule has 9 heteroatoms. The molecule has 0 amide bonds. The number of rotatable bonds is 5. The van der Waals surface area contributed by atoms with Gasteiger partial charge in [-0.15, -0.1) is 17.0 Å². The minimum absolute atomic E-state index is 0. The molecular weight excluding hydrogens is 512 g/mol. The largest absolute Gasteiger partial charge is 1.00 e. The summed E-state index contributed by atoms with van der Waals surface area (Å²) in [6.45, 7) is 4.38. The number of hydrogen-bond donors (Lipinski definition) is 2. The lowest BCUT2D eigenvalue weighted by molar-refractivity contribution is -0.511. The number of halogens is 2. The first-order valence-corrected chi connectivity index (χ1v) is 9.45. The third kappa shape index (κ3) is 5.82. The summed E-state index contributed by atoms with van der Waals surface area (Å²) in [5.41, 5.74) is 7.40. The summed E-state index contributed by atoms with van der Waals surface area (Å²) in [4.78, 5) is 4.31. The normalized spacial score (nSPS) is 13.2. The van der Waals surface area contributed by atoms with Gasteiger partial charge in [0.05, 0.1) is 19.5 Å². The van der Waals surface area contributed by atoms with Crippen molar-refractivity contribution in [3.63, 3.8) is 0 Å². The zero-order chi connectivity index (χ0) is 19.3. The van der Waals surface area contributed by atoms with E-state index in [1.165, 1.54) is 5.56 Å². The number of aliphatic imine (C=N–C) groups is 1. The zero-order valence-electron chi connectivity index (χ0n) is 17.0. The van der Waals surface area contributed by atoms with Gasteiger partial charge >= 0.3 is 0 Å². The van der Waals surface area contributed by atoms with E-state index in [0.29, 0.717) is 6.61 Å². The molecule has 0 saturated carbocycles. The second kappa shape index (κ2) is 11.1. The van der Waals surface area contributed by atoms with Crippen LogP contribution in [-0.4, -0.2) is 29.8 Å². The molecule has 0 fully saturated rings. The number of nitrogens with zero attached hydrogens (tertiary/aromatic N) is 4. The van der Waals surface area contributed by atoms with Gasteiger partial charge in [0.2, 0.25) is 5.96 Å². The number of pyridine rings is 1. The highest BCUT2D eigenvalue weighted by Gasteiger charge is 2.14. The van der Waals surface area contributed by atoms with Gasteiger partial charge in [0.1, 0.15) is 11.9 Å². The van der Waals surface area contributed by atoms with Crippen molar-refractivity contribution in [2.75, 3.05) is 13.1 Å². The number of aromatic nitrogens is 2. The molecule has 0 aliphatic carbocycles. The lowest BCUT2D eigenvalue weighted by atomic mass is 10.2. The first kappa shape index (κ1) is 23.9. The molecule has 2 aromatic heterocycles. The van der Waals surface area contributed by atoms with Gasteiger partial charge < -0.3 is 27.0 Å². The highest BCUT2D eigenvalue weighted by atomic mass is 79.9. The molecule has 0 radical (unpaired) electrons. The first-order chi connectivity index (χ1) is 13.7. The van der Waals surface area contributed by atoms with Crippen molar-refractivity contribution in [2.45, 2.75) is 20.0 Å². The van der Waals surface area contributed by atoms with Crippen LogP contribution in [0.15, 0.2) is 58.9 Å². The SMILES string of the molecule is Br.Cc1ccc2n(C)c(COc3ccc(/C=N/NC4=NCCCN4)cc3)c[n+]2c1.[Br-]. The van der Waals surface area contributed by atoms with Crippen LogP contribution in [0, 0.1) is 6.92 Å². The fourth-order valence-corrected chi connectivity index (χ4v) is 3.12. The highest BCUT2D eigenvalue weighted by Crippen LogP contribution is 2.14. The van der Waals surface area contributed by atoms with E-state index in [9.17, 15) is 0 Å². The van der Waals surface area contributed by atoms with Crippen molar-refractivity contribution in [1.29, 1.82) is 0 Å². The van der Waals surface area contributed by atoms with Crippen LogP contribution in [0.2, 0.25) is 0 Å². The summed E-state index contributed by atoms with van der Waals surface area (Å²) in [7, 11) is 2.06. The van der Waals surface area contributed by atoms with Crippen LogP contribution < -0.4 is 36.9 Å². The Kier molecular flexibility index (Phi) is 8.86. The summed E-state index contributed by atoms with van der Waals surface area (Å²) in [6.07, 6.45) is 7.06. The van der Waals surface area contributed by atoms with Crippen molar-refractivity contribution in [3.05, 3.63) is 65.6 Å². The Balaban J connectivity index is 0.00000160. The van der Waals surface area contributed by atoms with Crippen LogP contribution in [0.5, 0.6) is 5.75 Å². The third-order valence-corrected chi connectivity index (χ3v) is 4.71. The average molecular weight is 538 g/mol. The number of aryl methyl sites for hydroxylation is 2. The minimum atomic E-state index is 0. The number of guanidine groups is 1. The van der Waals surface area contributed by atoms with Gasteiger partial charge in [-0.05, 0) is 54.8 Å². The number of nitrogens with one attached hydrogen (secondary N) is 2. The van der Waals surface area contributed by atoms with Gasteiger partial charge in [-0.2, -0.15) is 5.10 Å². The van der Waals surface area contributed by atoms with E-state index in [4.69, 9.17) is 4.74 Å². The summed E-state index contributed by atoms with van der Waals surface area (Å²) in [6, 6.07) is 12.1. The lowest BCUT2D eigenvalue weighted by Gasteiger charge is -2.12. The standard InChI is InChI=1S/C21H25N6O.2BrH/c1-16-4-9-20-26(2)18(14-27(20)13-16)15-28-19-7-5-17(6-8-19)12-24-25-21-22-10-3-11-23-21;;/h4-9,12-14H,3,10-11,15H2,1-2H3,(H2,22,23,25);2*1H/q+1;;/p-1/b24-12+;;. The zero-order valence-corrected chi connectivity index (χ0v) is 20.3. The molecule has 1 aromatic carbocycles. The van der Waals surface area contributed by atoms with E-state index >= 15 is 0 Å². The molecule has 3 aromatic rings. The van der Waals surface area contributed by atoms with Gasteiger partial charge in [-0.25, -0.2) is 14.4 Å². The minimum Gasteiger partial charge on any atom is -1.00 e. The van der Waals surface area contributed by atoms with E-state index in [1.54, 1.807) is 6.21 Å². The monoisotopic (exact) mass is 536 g/mol. The summed E-state index contributed by atoms with van der Waals surface area (Å²) in [5.74, 6) is 1.56. The maximum atomic E-state index is 5.96. The van der Waals surface area contributed by atoms with Crippen LogP contribution in [0.1, 0.15) is 23.2 Å². The number of ether oxygens (including phenoxy) is 1. The Morgan fingerprint density at radius 3 is 2.77 bits per heavy atom. The average Bonchev–Trinajstić information content (AvgIpc) is 3.03. The van der Waals surface area contributed by atoms with Gasteiger partial charge in [0, 0.05) is 19.2 Å². The van der Waals surface area contributed by atoms with Crippen molar-refractivity contribution >= 4 is 34.8 Å². The lowest BCUT2D eigenvalue weighted by Crippen LogP contribution is -3.00. The van der Waals surface area contributed by atoms with E-state index in [2.05, 4.69) is 68.3 Å². The van der Waals surface area contributed by atoms with E-state index in [-0.39, 0.29) is 34.0 Å². The van der Waals surface area contributed by atoms with Crippen molar-refractivity contribution in [1.82, 2.24) is 15.3 Å². The quantitative estimate of drug-likeness (QED) is 0.262. The van der Waals surface area contributed by atoms with Crippen LogP contribution in [-0.2, 0) is 13.7 Å². The fourth-order valence-electron chi connectivity index (χ4n) is 3.12. The molecule has 0 saturated heterocycles. The Morgan fingerprint density at radius 2 is 2.03 bits per heavy atom. The van der Waals surface area contributed by atoms with Gasteiger partial charge in [0.25, 0.3) is 5.65 Å². The Morgan fingerprint density at radius 1 is 1.23 bits per heavy atom. The first-order valence-electron chi connectivity index (χ1n) is 9.45. The smallest absolute Gasteiger partial charge is 0.286 e. The maximum absolute atomic E-state index is 5.96. The molecule has 3 heterocycles. The number of hydrogen-bond acceptors (Lipinski definition) is 5.